The molecule has 166 valence electrons. The predicted molar refractivity (Wildman–Crippen MR) is 122 cm³/mol. The molecule has 7 nitrogen and oxygen atoms in total. The Kier molecular flexibility index (Phi) is 7.24. The maximum atomic E-state index is 12.8. The Balaban J connectivity index is 1.26. The number of carbonyl (C=O) groups is 2. The minimum atomic E-state index is -1.35. The van der Waals surface area contributed by atoms with E-state index >= 15 is 0 Å². The summed E-state index contributed by atoms with van der Waals surface area (Å²) in [4.78, 5) is 35.4. The molecule has 1 aromatic carbocycles. The van der Waals surface area contributed by atoms with Crippen LogP contribution in [0, 0.1) is 0 Å². The lowest BCUT2D eigenvalue weighted by molar-refractivity contribution is -0.144. The fourth-order valence-electron chi connectivity index (χ4n) is 3.97. The van der Waals surface area contributed by atoms with Gasteiger partial charge in [-0.15, -0.1) is 11.3 Å². The molecule has 2 atom stereocenters. The lowest BCUT2D eigenvalue weighted by Gasteiger charge is -2.27. The van der Waals surface area contributed by atoms with Crippen molar-refractivity contribution in [3.05, 3.63) is 82.1 Å². The highest BCUT2D eigenvalue weighted by atomic mass is 32.1. The van der Waals surface area contributed by atoms with Crippen molar-refractivity contribution in [2.45, 2.75) is 44.4 Å². The van der Waals surface area contributed by atoms with Gasteiger partial charge in [0, 0.05) is 30.7 Å². The number of aliphatic hydroxyl groups is 1. The van der Waals surface area contributed by atoms with E-state index in [9.17, 15) is 14.7 Å². The van der Waals surface area contributed by atoms with E-state index in [2.05, 4.69) is 15.3 Å². The topological polar surface area (TPSA) is 95.4 Å². The van der Waals surface area contributed by atoms with E-state index in [1.165, 1.54) is 11.3 Å². The van der Waals surface area contributed by atoms with Gasteiger partial charge in [-0.3, -0.25) is 14.6 Å². The van der Waals surface area contributed by atoms with Crippen LogP contribution in [-0.2, 0) is 22.6 Å². The molecule has 8 heteroatoms. The van der Waals surface area contributed by atoms with E-state index in [-0.39, 0.29) is 30.8 Å². The average molecular weight is 451 g/mol. The third-order valence-electron chi connectivity index (χ3n) is 5.55. The Morgan fingerprint density at radius 1 is 1.19 bits per heavy atom. The van der Waals surface area contributed by atoms with Crippen LogP contribution in [0.3, 0.4) is 0 Å². The Labute approximate surface area is 191 Å². The van der Waals surface area contributed by atoms with E-state index in [0.29, 0.717) is 13.0 Å². The van der Waals surface area contributed by atoms with Gasteiger partial charge in [0.1, 0.15) is 11.1 Å². The van der Waals surface area contributed by atoms with Crippen LogP contribution in [-0.4, -0.2) is 44.4 Å². The van der Waals surface area contributed by atoms with Gasteiger partial charge in [0.2, 0.25) is 5.91 Å². The Morgan fingerprint density at radius 3 is 2.75 bits per heavy atom. The molecule has 1 aliphatic rings. The zero-order valence-corrected chi connectivity index (χ0v) is 18.5. The summed E-state index contributed by atoms with van der Waals surface area (Å²) in [5.74, 6) is -0.757. The SMILES string of the molecule is O=C(C[C@@H](O)C(=O)N1CCCC1c1ccccc1)NCc1nc(Cc2ccncc2)cs1. The highest BCUT2D eigenvalue weighted by Gasteiger charge is 2.33. The second-order valence-corrected chi connectivity index (χ2v) is 8.80. The summed E-state index contributed by atoms with van der Waals surface area (Å²) >= 11 is 1.48. The molecule has 3 aromatic rings. The van der Waals surface area contributed by atoms with Crippen molar-refractivity contribution in [2.24, 2.45) is 0 Å². The summed E-state index contributed by atoms with van der Waals surface area (Å²) in [7, 11) is 0. The number of aliphatic hydroxyl groups excluding tert-OH is 1. The molecule has 2 amide bonds. The highest BCUT2D eigenvalue weighted by Crippen LogP contribution is 2.32. The molecule has 0 aliphatic carbocycles. The Morgan fingerprint density at radius 2 is 1.97 bits per heavy atom. The normalized spacial score (nSPS) is 16.7. The molecule has 1 aliphatic heterocycles. The number of aromatic nitrogens is 2. The third kappa shape index (κ3) is 5.57. The first-order chi connectivity index (χ1) is 15.6. The molecule has 3 heterocycles. The van der Waals surface area contributed by atoms with Crippen molar-refractivity contribution in [1.29, 1.82) is 0 Å². The minimum absolute atomic E-state index is 0.0458. The van der Waals surface area contributed by atoms with Gasteiger partial charge in [0.05, 0.1) is 24.7 Å². The van der Waals surface area contributed by atoms with Gasteiger partial charge in [-0.05, 0) is 36.1 Å². The summed E-state index contributed by atoms with van der Waals surface area (Å²) in [5.41, 5.74) is 3.11. The maximum Gasteiger partial charge on any atom is 0.252 e. The molecule has 1 unspecified atom stereocenters. The van der Waals surface area contributed by atoms with Gasteiger partial charge in [0.15, 0.2) is 0 Å². The second-order valence-electron chi connectivity index (χ2n) is 7.86. The number of nitrogens with zero attached hydrogens (tertiary/aromatic N) is 3. The van der Waals surface area contributed by atoms with Crippen LogP contribution in [0.1, 0.15) is 47.1 Å². The van der Waals surface area contributed by atoms with Crippen molar-refractivity contribution in [3.63, 3.8) is 0 Å². The summed E-state index contributed by atoms with van der Waals surface area (Å²) in [6.07, 6.45) is 4.35. The number of nitrogens with one attached hydrogen (secondary N) is 1. The molecule has 32 heavy (non-hydrogen) atoms. The first kappa shape index (κ1) is 22.1. The molecule has 0 spiro atoms. The van der Waals surface area contributed by atoms with Gasteiger partial charge in [-0.25, -0.2) is 4.98 Å². The van der Waals surface area contributed by atoms with Crippen LogP contribution < -0.4 is 5.32 Å². The third-order valence-corrected chi connectivity index (χ3v) is 6.45. The number of likely N-dealkylation sites (tertiary alicyclic amines) is 1. The monoisotopic (exact) mass is 450 g/mol. The van der Waals surface area contributed by atoms with Crippen molar-refractivity contribution >= 4 is 23.2 Å². The van der Waals surface area contributed by atoms with Gasteiger partial charge in [0.25, 0.3) is 5.91 Å². The molecule has 0 bridgehead atoms. The predicted octanol–water partition coefficient (Wildman–Crippen LogP) is 2.86. The van der Waals surface area contributed by atoms with Gasteiger partial charge in [-0.2, -0.15) is 0 Å². The van der Waals surface area contributed by atoms with Crippen LogP contribution >= 0.6 is 11.3 Å². The quantitative estimate of drug-likeness (QED) is 0.550. The number of amides is 2. The molecular formula is C24H26N4O3S. The van der Waals surface area contributed by atoms with Crippen molar-refractivity contribution in [3.8, 4) is 0 Å². The number of hydrogen-bond acceptors (Lipinski definition) is 6. The smallest absolute Gasteiger partial charge is 0.252 e. The van der Waals surface area contributed by atoms with Gasteiger partial charge < -0.3 is 15.3 Å². The molecule has 4 rings (SSSR count). The number of carbonyl (C=O) groups excluding carboxylic acids is 2. The van der Waals surface area contributed by atoms with E-state index < -0.39 is 6.10 Å². The zero-order chi connectivity index (χ0) is 22.3. The standard InChI is InChI=1S/C24H26N4O3S/c29-21(24(31)28-12-4-7-20(28)18-5-2-1-3-6-18)14-22(30)26-15-23-27-19(16-32-23)13-17-8-10-25-11-9-17/h1-3,5-6,8-11,16,20-21,29H,4,7,12-15H2,(H,26,30)/t20?,21-/m1/s1. The van der Waals surface area contributed by atoms with Crippen molar-refractivity contribution < 1.29 is 14.7 Å². The van der Waals surface area contributed by atoms with Gasteiger partial charge in [-0.1, -0.05) is 30.3 Å². The van der Waals surface area contributed by atoms with E-state index in [4.69, 9.17) is 0 Å². The van der Waals surface area contributed by atoms with Crippen molar-refractivity contribution in [2.75, 3.05) is 6.54 Å². The molecule has 0 radical (unpaired) electrons. The van der Waals surface area contributed by atoms with Crippen LogP contribution in [0.4, 0.5) is 0 Å². The fraction of sp³-hybridized carbons (Fsp3) is 0.333. The Bertz CT molecular complexity index is 1040. The molecule has 2 N–H and O–H groups in total. The number of rotatable bonds is 8. The summed E-state index contributed by atoms with van der Waals surface area (Å²) in [6.45, 7) is 0.869. The molecular weight excluding hydrogens is 424 g/mol. The first-order valence-electron chi connectivity index (χ1n) is 10.7. The number of pyridine rings is 1. The number of thiazole rings is 1. The number of benzene rings is 1. The lowest BCUT2D eigenvalue weighted by Crippen LogP contribution is -2.41. The molecule has 2 aromatic heterocycles. The van der Waals surface area contributed by atoms with Crippen LogP contribution in [0.2, 0.25) is 0 Å². The van der Waals surface area contributed by atoms with Crippen LogP contribution in [0.15, 0.2) is 60.2 Å². The van der Waals surface area contributed by atoms with Crippen molar-refractivity contribution in [1.82, 2.24) is 20.2 Å². The molecule has 1 saturated heterocycles. The van der Waals surface area contributed by atoms with Crippen LogP contribution in [0.5, 0.6) is 0 Å². The van der Waals surface area contributed by atoms with Gasteiger partial charge >= 0.3 is 0 Å². The average Bonchev–Trinajstić information content (AvgIpc) is 3.48. The molecule has 1 fully saturated rings. The Hall–Kier alpha value is -3.10. The fourth-order valence-corrected chi connectivity index (χ4v) is 4.71. The summed E-state index contributed by atoms with van der Waals surface area (Å²) in [5, 5.41) is 15.9. The second kappa shape index (κ2) is 10.5. The van der Waals surface area contributed by atoms with E-state index in [0.717, 1.165) is 34.7 Å². The first-order valence-corrected chi connectivity index (χ1v) is 11.6. The minimum Gasteiger partial charge on any atom is -0.383 e. The molecule has 0 saturated carbocycles. The zero-order valence-electron chi connectivity index (χ0n) is 17.7. The summed E-state index contributed by atoms with van der Waals surface area (Å²) in [6, 6.07) is 13.7. The van der Waals surface area contributed by atoms with Crippen LogP contribution in [0.25, 0.3) is 0 Å². The largest absolute Gasteiger partial charge is 0.383 e. The maximum absolute atomic E-state index is 12.8. The summed E-state index contributed by atoms with van der Waals surface area (Å²) < 4.78 is 0. The number of hydrogen-bond donors (Lipinski definition) is 2. The van der Waals surface area contributed by atoms with E-state index in [1.54, 1.807) is 17.3 Å². The lowest BCUT2D eigenvalue weighted by atomic mass is 10.0. The van der Waals surface area contributed by atoms with E-state index in [1.807, 2.05) is 47.8 Å². The highest BCUT2D eigenvalue weighted by molar-refractivity contribution is 7.09.